The van der Waals surface area contributed by atoms with Crippen LogP contribution in [0.1, 0.15) is 25.8 Å². The zero-order chi connectivity index (χ0) is 20.8. The molecule has 28 heavy (non-hydrogen) atoms. The average molecular weight is 394 g/mol. The molecule has 3 atom stereocenters. The summed E-state index contributed by atoms with van der Waals surface area (Å²) in [6.07, 6.45) is 0.579. The van der Waals surface area contributed by atoms with E-state index in [1.807, 2.05) is 0 Å². The highest BCUT2D eigenvalue weighted by Crippen LogP contribution is 2.33. The summed E-state index contributed by atoms with van der Waals surface area (Å²) in [7, 11) is 2.88. The molecule has 0 radical (unpaired) electrons. The maximum absolute atomic E-state index is 12.8. The smallest absolute Gasteiger partial charge is 0.332 e. The van der Waals surface area contributed by atoms with E-state index in [4.69, 9.17) is 5.73 Å². The molecule has 1 fully saturated rings. The lowest BCUT2D eigenvalue weighted by molar-refractivity contribution is -0.132. The maximum Gasteiger partial charge on any atom is 0.332 e. The molecule has 3 rings (SSSR count). The molecule has 3 heterocycles. The summed E-state index contributed by atoms with van der Waals surface area (Å²) in [6, 6.07) is -0.749. The fourth-order valence-electron chi connectivity index (χ4n) is 3.89. The molecule has 11 nitrogen and oxygen atoms in total. The first-order valence-electron chi connectivity index (χ1n) is 9.09. The van der Waals surface area contributed by atoms with Crippen molar-refractivity contribution in [1.29, 1.82) is 0 Å². The highest BCUT2D eigenvalue weighted by Gasteiger charge is 2.42. The number of nitrogens with two attached hydrogens (primary N) is 1. The molecule has 11 heteroatoms. The topological polar surface area (TPSA) is 149 Å². The molecule has 1 aliphatic heterocycles. The SMILES string of the molecule is Cn1c(=O)c2c(ncn2[C@@H]2CN(C(=O)CCN)C[C@@H](O)C[C@@]2(C)O)n(C)c1=O. The van der Waals surface area contributed by atoms with Gasteiger partial charge in [0.25, 0.3) is 5.56 Å². The van der Waals surface area contributed by atoms with E-state index in [-0.39, 0.29) is 49.5 Å². The number of imidazole rings is 1. The number of aromatic nitrogens is 4. The Morgan fingerprint density at radius 3 is 2.64 bits per heavy atom. The fourth-order valence-corrected chi connectivity index (χ4v) is 3.89. The van der Waals surface area contributed by atoms with Gasteiger partial charge in [-0.1, -0.05) is 0 Å². The van der Waals surface area contributed by atoms with Crippen LogP contribution in [0.4, 0.5) is 0 Å². The number of nitrogens with zero attached hydrogens (tertiary/aromatic N) is 5. The van der Waals surface area contributed by atoms with Crippen molar-refractivity contribution in [2.24, 2.45) is 19.8 Å². The molecule has 0 saturated carbocycles. The summed E-state index contributed by atoms with van der Waals surface area (Å²) in [4.78, 5) is 43.0. The first kappa shape index (κ1) is 20.2. The molecule has 2 aromatic heterocycles. The molecule has 1 amide bonds. The van der Waals surface area contributed by atoms with Gasteiger partial charge in [-0.3, -0.25) is 18.7 Å². The molecule has 1 saturated heterocycles. The van der Waals surface area contributed by atoms with Crippen molar-refractivity contribution >= 4 is 17.1 Å². The Bertz CT molecular complexity index is 1020. The number of aliphatic hydroxyl groups is 2. The van der Waals surface area contributed by atoms with E-state index < -0.39 is 29.0 Å². The molecule has 154 valence electrons. The van der Waals surface area contributed by atoms with Gasteiger partial charge in [-0.2, -0.15) is 0 Å². The minimum absolute atomic E-state index is 0.00975. The second kappa shape index (κ2) is 7.15. The Balaban J connectivity index is 2.18. The largest absolute Gasteiger partial charge is 0.391 e. The van der Waals surface area contributed by atoms with E-state index in [9.17, 15) is 24.6 Å². The highest BCUT2D eigenvalue weighted by molar-refractivity contribution is 5.76. The van der Waals surface area contributed by atoms with Crippen LogP contribution in [-0.4, -0.2) is 71.0 Å². The lowest BCUT2D eigenvalue weighted by Gasteiger charge is -2.34. The van der Waals surface area contributed by atoms with Crippen LogP contribution in [0.2, 0.25) is 0 Å². The number of rotatable bonds is 3. The third kappa shape index (κ3) is 3.25. The number of carbonyl (C=O) groups excluding carboxylic acids is 1. The molecule has 0 unspecified atom stereocenters. The van der Waals surface area contributed by atoms with Gasteiger partial charge < -0.3 is 25.4 Å². The number of β-amino-alcohol motifs (C(OH)–C–C–N with tert-alkyl or cyclic N) is 1. The second-order valence-corrected chi connectivity index (χ2v) is 7.60. The zero-order valence-electron chi connectivity index (χ0n) is 16.2. The zero-order valence-corrected chi connectivity index (χ0v) is 16.2. The van der Waals surface area contributed by atoms with Crippen LogP contribution in [0, 0.1) is 0 Å². The summed E-state index contributed by atoms with van der Waals surface area (Å²) in [5.41, 5.74) is 3.34. The Morgan fingerprint density at radius 1 is 1.32 bits per heavy atom. The van der Waals surface area contributed by atoms with Crippen molar-refractivity contribution in [3.8, 4) is 0 Å². The van der Waals surface area contributed by atoms with Crippen LogP contribution < -0.4 is 17.0 Å². The molecule has 0 aliphatic carbocycles. The van der Waals surface area contributed by atoms with Gasteiger partial charge in [0, 0.05) is 46.6 Å². The molecular weight excluding hydrogens is 368 g/mol. The van der Waals surface area contributed by atoms with E-state index in [2.05, 4.69) is 4.98 Å². The standard InChI is InChI=1S/C17H26N6O5/c1-17(28)6-10(24)7-22(12(25)4-5-18)8-11(17)23-9-19-14-13(23)15(26)21(3)16(27)20(14)2/h9-11,24,28H,4-8,18H2,1-3H3/t10-,11+,17+/m0/s1. The number of hydrogen-bond donors (Lipinski definition) is 3. The van der Waals surface area contributed by atoms with Gasteiger partial charge in [-0.25, -0.2) is 9.78 Å². The number of amides is 1. The predicted molar refractivity (Wildman–Crippen MR) is 101 cm³/mol. The fraction of sp³-hybridized carbons (Fsp3) is 0.647. The monoisotopic (exact) mass is 394 g/mol. The Labute approximate surface area is 160 Å². The highest BCUT2D eigenvalue weighted by atomic mass is 16.3. The van der Waals surface area contributed by atoms with Gasteiger partial charge in [0.05, 0.1) is 24.1 Å². The molecule has 4 N–H and O–H groups in total. The Hall–Kier alpha value is -2.50. The van der Waals surface area contributed by atoms with E-state index in [1.54, 1.807) is 6.92 Å². The number of fused-ring (bicyclic) bond motifs is 1. The van der Waals surface area contributed by atoms with Crippen LogP contribution in [0.15, 0.2) is 15.9 Å². The minimum atomic E-state index is -1.43. The Morgan fingerprint density at radius 2 is 2.00 bits per heavy atom. The van der Waals surface area contributed by atoms with Gasteiger partial charge in [0.1, 0.15) is 0 Å². The average Bonchev–Trinajstić information content (AvgIpc) is 3.00. The molecule has 0 bridgehead atoms. The summed E-state index contributed by atoms with van der Waals surface area (Å²) in [5.74, 6) is -0.242. The summed E-state index contributed by atoms with van der Waals surface area (Å²) >= 11 is 0. The van der Waals surface area contributed by atoms with Crippen molar-refractivity contribution in [1.82, 2.24) is 23.6 Å². The van der Waals surface area contributed by atoms with E-state index in [0.29, 0.717) is 0 Å². The minimum Gasteiger partial charge on any atom is -0.391 e. The summed E-state index contributed by atoms with van der Waals surface area (Å²) in [6.45, 7) is 1.86. The Kier molecular flexibility index (Phi) is 5.17. The third-order valence-electron chi connectivity index (χ3n) is 5.41. The lowest BCUT2D eigenvalue weighted by atomic mass is 9.91. The third-order valence-corrected chi connectivity index (χ3v) is 5.41. The van der Waals surface area contributed by atoms with Crippen molar-refractivity contribution in [2.75, 3.05) is 19.6 Å². The summed E-state index contributed by atoms with van der Waals surface area (Å²) in [5, 5.41) is 21.4. The number of aryl methyl sites for hydroxylation is 1. The van der Waals surface area contributed by atoms with Gasteiger partial charge in [-0.15, -0.1) is 0 Å². The first-order chi connectivity index (χ1) is 13.1. The predicted octanol–water partition coefficient (Wildman–Crippen LogP) is -2.33. The molecular formula is C17H26N6O5. The van der Waals surface area contributed by atoms with Crippen LogP contribution in [0.5, 0.6) is 0 Å². The van der Waals surface area contributed by atoms with Gasteiger partial charge in [-0.05, 0) is 6.92 Å². The quantitative estimate of drug-likeness (QED) is 0.528. The number of hydrogen-bond acceptors (Lipinski definition) is 7. The van der Waals surface area contributed by atoms with Crippen molar-refractivity contribution in [3.05, 3.63) is 27.2 Å². The van der Waals surface area contributed by atoms with E-state index in [1.165, 1.54) is 34.5 Å². The van der Waals surface area contributed by atoms with Crippen LogP contribution >= 0.6 is 0 Å². The number of aliphatic hydroxyl groups excluding tert-OH is 1. The molecule has 0 aromatic carbocycles. The van der Waals surface area contributed by atoms with Gasteiger partial charge in [0.15, 0.2) is 11.2 Å². The van der Waals surface area contributed by atoms with Crippen molar-refractivity contribution in [3.63, 3.8) is 0 Å². The van der Waals surface area contributed by atoms with Crippen LogP contribution in [-0.2, 0) is 18.9 Å². The second-order valence-electron chi connectivity index (χ2n) is 7.60. The molecule has 2 aromatic rings. The normalized spacial score (nSPS) is 25.9. The van der Waals surface area contributed by atoms with E-state index in [0.717, 1.165) is 4.57 Å². The van der Waals surface area contributed by atoms with E-state index >= 15 is 0 Å². The molecule has 1 aliphatic rings. The lowest BCUT2D eigenvalue weighted by Crippen LogP contribution is -2.44. The number of carbonyl (C=O) groups is 1. The number of likely N-dealkylation sites (tertiary alicyclic amines) is 1. The van der Waals surface area contributed by atoms with Gasteiger partial charge in [0.2, 0.25) is 5.91 Å². The van der Waals surface area contributed by atoms with Crippen LogP contribution in [0.3, 0.4) is 0 Å². The van der Waals surface area contributed by atoms with Gasteiger partial charge >= 0.3 is 5.69 Å². The van der Waals surface area contributed by atoms with Crippen molar-refractivity contribution < 1.29 is 15.0 Å². The molecule has 0 spiro atoms. The first-order valence-corrected chi connectivity index (χ1v) is 9.09. The maximum atomic E-state index is 12.8. The van der Waals surface area contributed by atoms with Crippen LogP contribution in [0.25, 0.3) is 11.2 Å². The van der Waals surface area contributed by atoms with Crippen molar-refractivity contribution in [2.45, 2.75) is 37.5 Å². The summed E-state index contributed by atoms with van der Waals surface area (Å²) < 4.78 is 3.72.